The Bertz CT molecular complexity index is 733. The first kappa shape index (κ1) is 20.5. The lowest BCUT2D eigenvalue weighted by Gasteiger charge is -2.24. The Kier molecular flexibility index (Phi) is 6.88. The molecule has 0 saturated carbocycles. The van der Waals surface area contributed by atoms with Crippen LogP contribution in [0.1, 0.15) is 40.5 Å². The van der Waals surface area contributed by atoms with Crippen LogP contribution in [0.4, 0.5) is 0 Å². The summed E-state index contributed by atoms with van der Waals surface area (Å²) >= 11 is 0. The van der Waals surface area contributed by atoms with Crippen LogP contribution in [-0.2, 0) is 14.8 Å². The van der Waals surface area contributed by atoms with E-state index >= 15 is 0 Å². The van der Waals surface area contributed by atoms with Gasteiger partial charge in [0.1, 0.15) is 19.3 Å². The van der Waals surface area contributed by atoms with Crippen molar-refractivity contribution in [3.8, 4) is 11.5 Å². The van der Waals surface area contributed by atoms with Gasteiger partial charge in [0, 0.05) is 12.1 Å². The summed E-state index contributed by atoms with van der Waals surface area (Å²) in [5.41, 5.74) is 0. The Morgan fingerprint density at radius 2 is 1.81 bits per heavy atom. The van der Waals surface area contributed by atoms with Gasteiger partial charge in [-0.25, -0.2) is 8.42 Å². The van der Waals surface area contributed by atoms with Crippen LogP contribution in [-0.4, -0.2) is 39.6 Å². The summed E-state index contributed by atoms with van der Waals surface area (Å²) in [5.74, 6) is 0.390. The molecule has 146 valence electrons. The van der Waals surface area contributed by atoms with Crippen LogP contribution in [0.2, 0.25) is 0 Å². The maximum atomic E-state index is 12.8. The van der Waals surface area contributed by atoms with Gasteiger partial charge in [0.2, 0.25) is 15.9 Å². The molecule has 1 aliphatic rings. The SMILES string of the molecule is CCCC(C)NC(=O)[C@@H](NS(=O)(=O)c1ccc2c(c1)OCCO2)C(C)C. The van der Waals surface area contributed by atoms with E-state index in [0.717, 1.165) is 12.8 Å². The molecule has 1 unspecified atom stereocenters. The van der Waals surface area contributed by atoms with Crippen LogP contribution in [0.15, 0.2) is 23.1 Å². The molecule has 7 nitrogen and oxygen atoms in total. The molecule has 0 spiro atoms. The largest absolute Gasteiger partial charge is 0.486 e. The zero-order valence-electron chi connectivity index (χ0n) is 15.7. The quantitative estimate of drug-likeness (QED) is 0.716. The predicted octanol–water partition coefficient (Wildman–Crippen LogP) is 2.07. The van der Waals surface area contributed by atoms with Gasteiger partial charge in [0.05, 0.1) is 4.90 Å². The number of nitrogens with one attached hydrogen (secondary N) is 2. The van der Waals surface area contributed by atoms with Crippen molar-refractivity contribution in [1.29, 1.82) is 0 Å². The summed E-state index contributed by atoms with van der Waals surface area (Å²) in [7, 11) is -3.88. The first-order valence-corrected chi connectivity index (χ1v) is 10.4. The van der Waals surface area contributed by atoms with E-state index < -0.39 is 16.1 Å². The Morgan fingerprint density at radius 3 is 2.42 bits per heavy atom. The summed E-state index contributed by atoms with van der Waals surface area (Å²) in [5, 5.41) is 2.88. The Balaban J connectivity index is 2.17. The van der Waals surface area contributed by atoms with E-state index in [0.29, 0.717) is 24.7 Å². The van der Waals surface area contributed by atoms with Gasteiger partial charge in [-0.1, -0.05) is 27.2 Å². The first-order chi connectivity index (χ1) is 12.2. The van der Waals surface area contributed by atoms with Crippen molar-refractivity contribution in [3.63, 3.8) is 0 Å². The van der Waals surface area contributed by atoms with Crippen molar-refractivity contribution in [2.75, 3.05) is 13.2 Å². The van der Waals surface area contributed by atoms with Gasteiger partial charge >= 0.3 is 0 Å². The highest BCUT2D eigenvalue weighted by molar-refractivity contribution is 7.89. The van der Waals surface area contributed by atoms with E-state index in [1.165, 1.54) is 12.1 Å². The molecule has 0 radical (unpaired) electrons. The van der Waals surface area contributed by atoms with E-state index in [4.69, 9.17) is 9.47 Å². The molecule has 0 saturated heterocycles. The van der Waals surface area contributed by atoms with E-state index in [1.54, 1.807) is 19.9 Å². The zero-order valence-corrected chi connectivity index (χ0v) is 16.6. The minimum Gasteiger partial charge on any atom is -0.486 e. The number of ether oxygens (including phenoxy) is 2. The van der Waals surface area contributed by atoms with Gasteiger partial charge in [-0.15, -0.1) is 0 Å². The van der Waals surface area contributed by atoms with Crippen LogP contribution in [0, 0.1) is 5.92 Å². The Morgan fingerprint density at radius 1 is 1.15 bits per heavy atom. The van der Waals surface area contributed by atoms with Gasteiger partial charge in [-0.2, -0.15) is 4.72 Å². The van der Waals surface area contributed by atoms with Gasteiger partial charge in [0.15, 0.2) is 11.5 Å². The highest BCUT2D eigenvalue weighted by atomic mass is 32.2. The third kappa shape index (κ3) is 5.11. The molecule has 0 aliphatic carbocycles. The lowest BCUT2D eigenvalue weighted by molar-refractivity contribution is -0.124. The molecule has 1 aliphatic heterocycles. The monoisotopic (exact) mass is 384 g/mol. The van der Waals surface area contributed by atoms with Gasteiger partial charge in [-0.3, -0.25) is 4.79 Å². The second-order valence-electron chi connectivity index (χ2n) is 6.85. The third-order valence-corrected chi connectivity index (χ3v) is 5.60. The molecule has 2 N–H and O–H groups in total. The first-order valence-electron chi connectivity index (χ1n) is 8.97. The maximum absolute atomic E-state index is 12.8. The summed E-state index contributed by atoms with van der Waals surface area (Å²) in [6, 6.07) is 3.58. The number of carbonyl (C=O) groups is 1. The minimum atomic E-state index is -3.88. The molecule has 0 bridgehead atoms. The molecule has 1 aromatic carbocycles. The van der Waals surface area contributed by atoms with Gasteiger partial charge in [0.25, 0.3) is 0 Å². The lowest BCUT2D eigenvalue weighted by Crippen LogP contribution is -2.51. The summed E-state index contributed by atoms with van der Waals surface area (Å²) < 4.78 is 38.9. The molecule has 0 fully saturated rings. The second kappa shape index (κ2) is 8.73. The van der Waals surface area contributed by atoms with Gasteiger partial charge < -0.3 is 14.8 Å². The van der Waals surface area contributed by atoms with Crippen LogP contribution >= 0.6 is 0 Å². The number of sulfonamides is 1. The van der Waals surface area contributed by atoms with Crippen molar-refractivity contribution in [1.82, 2.24) is 10.0 Å². The van der Waals surface area contributed by atoms with Crippen LogP contribution < -0.4 is 19.5 Å². The number of fused-ring (bicyclic) bond motifs is 1. The normalized spacial score (nSPS) is 16.2. The van der Waals surface area contributed by atoms with Crippen LogP contribution in [0.3, 0.4) is 0 Å². The highest BCUT2D eigenvalue weighted by Crippen LogP contribution is 2.32. The van der Waals surface area contributed by atoms with Crippen molar-refractivity contribution in [3.05, 3.63) is 18.2 Å². The molecule has 1 amide bonds. The summed E-state index contributed by atoms with van der Waals surface area (Å²) in [6.45, 7) is 8.36. The molecule has 2 rings (SSSR count). The fourth-order valence-corrected chi connectivity index (χ4v) is 4.12. The average molecular weight is 384 g/mol. The van der Waals surface area contributed by atoms with E-state index in [2.05, 4.69) is 10.0 Å². The molecule has 1 aromatic rings. The number of rotatable bonds is 8. The van der Waals surface area contributed by atoms with E-state index in [9.17, 15) is 13.2 Å². The smallest absolute Gasteiger partial charge is 0.241 e. The van der Waals surface area contributed by atoms with Crippen LogP contribution in [0.25, 0.3) is 0 Å². The number of carbonyl (C=O) groups excluding carboxylic acids is 1. The second-order valence-corrected chi connectivity index (χ2v) is 8.56. The van der Waals surface area contributed by atoms with E-state index in [-0.39, 0.29) is 22.8 Å². The summed E-state index contributed by atoms with van der Waals surface area (Å²) in [4.78, 5) is 12.6. The van der Waals surface area contributed by atoms with E-state index in [1.807, 2.05) is 13.8 Å². The summed E-state index contributed by atoms with van der Waals surface area (Å²) in [6.07, 6.45) is 1.78. The lowest BCUT2D eigenvalue weighted by atomic mass is 10.0. The van der Waals surface area contributed by atoms with Crippen molar-refractivity contribution >= 4 is 15.9 Å². The highest BCUT2D eigenvalue weighted by Gasteiger charge is 2.29. The van der Waals surface area contributed by atoms with Gasteiger partial charge in [-0.05, 0) is 31.4 Å². The Labute approximate surface area is 155 Å². The third-order valence-electron chi connectivity index (χ3n) is 4.17. The van der Waals surface area contributed by atoms with Crippen molar-refractivity contribution in [2.45, 2.75) is 57.5 Å². The molecule has 0 aromatic heterocycles. The topological polar surface area (TPSA) is 93.7 Å². The minimum absolute atomic E-state index is 0.00690. The molecule has 2 atom stereocenters. The Hall–Kier alpha value is -1.80. The van der Waals surface area contributed by atoms with Crippen molar-refractivity contribution < 1.29 is 22.7 Å². The molecule has 26 heavy (non-hydrogen) atoms. The molecular formula is C18H28N2O5S. The molecular weight excluding hydrogens is 356 g/mol. The predicted molar refractivity (Wildman–Crippen MR) is 98.9 cm³/mol. The number of hydrogen-bond donors (Lipinski definition) is 2. The maximum Gasteiger partial charge on any atom is 0.241 e. The zero-order chi connectivity index (χ0) is 19.3. The van der Waals surface area contributed by atoms with Crippen molar-refractivity contribution in [2.24, 2.45) is 5.92 Å². The fourth-order valence-electron chi connectivity index (χ4n) is 2.76. The number of amides is 1. The fraction of sp³-hybridized carbons (Fsp3) is 0.611. The average Bonchev–Trinajstić information content (AvgIpc) is 2.59. The standard InChI is InChI=1S/C18H28N2O5S/c1-5-6-13(4)19-18(21)17(12(2)3)20-26(22,23)14-7-8-15-16(11-14)25-10-9-24-15/h7-8,11-13,17,20H,5-6,9-10H2,1-4H3,(H,19,21)/t13?,17-/m0/s1. The number of benzene rings is 1. The van der Waals surface area contributed by atoms with Crippen LogP contribution in [0.5, 0.6) is 11.5 Å². The molecule has 8 heteroatoms. The number of hydrogen-bond acceptors (Lipinski definition) is 5. The molecule has 1 heterocycles.